The molecule has 1 aliphatic heterocycles. The molecular formula is C13H27N3O. The van der Waals surface area contributed by atoms with Gasteiger partial charge in [0.05, 0.1) is 6.61 Å². The van der Waals surface area contributed by atoms with Crippen molar-refractivity contribution in [3.63, 3.8) is 0 Å². The van der Waals surface area contributed by atoms with Gasteiger partial charge in [-0.2, -0.15) is 0 Å². The Morgan fingerprint density at radius 3 is 2.35 bits per heavy atom. The topological polar surface area (TPSA) is 52.7 Å². The highest BCUT2D eigenvalue weighted by Gasteiger charge is 2.40. The third-order valence-corrected chi connectivity index (χ3v) is 4.84. The first-order valence-electron chi connectivity index (χ1n) is 6.81. The highest BCUT2D eigenvalue weighted by atomic mass is 16.3. The van der Waals surface area contributed by atoms with Crippen LogP contribution in [0.5, 0.6) is 0 Å². The van der Waals surface area contributed by atoms with Gasteiger partial charge in [-0.1, -0.05) is 0 Å². The second-order valence-corrected chi connectivity index (χ2v) is 6.23. The highest BCUT2D eigenvalue weighted by Crippen LogP contribution is 2.32. The van der Waals surface area contributed by atoms with E-state index in [4.69, 9.17) is 5.73 Å². The van der Waals surface area contributed by atoms with Crippen LogP contribution in [0.3, 0.4) is 0 Å². The number of aliphatic hydroxyl groups excluding tert-OH is 1. The summed E-state index contributed by atoms with van der Waals surface area (Å²) in [4.78, 5) is 5.03. The fourth-order valence-electron chi connectivity index (χ4n) is 3.33. The lowest BCUT2D eigenvalue weighted by molar-refractivity contribution is 0.0325. The van der Waals surface area contributed by atoms with Crippen LogP contribution in [-0.2, 0) is 0 Å². The average Bonchev–Trinajstić information content (AvgIpc) is 2.69. The first-order chi connectivity index (χ1) is 7.95. The van der Waals surface area contributed by atoms with Gasteiger partial charge in [-0.25, -0.2) is 0 Å². The Balaban J connectivity index is 1.96. The monoisotopic (exact) mass is 241 g/mol. The maximum absolute atomic E-state index is 9.34. The summed E-state index contributed by atoms with van der Waals surface area (Å²) >= 11 is 0. The smallest absolute Gasteiger partial charge is 0.0611 e. The summed E-state index contributed by atoms with van der Waals surface area (Å²) in [6.07, 6.45) is 3.05. The van der Waals surface area contributed by atoms with Crippen molar-refractivity contribution in [2.24, 2.45) is 5.73 Å². The van der Waals surface area contributed by atoms with Gasteiger partial charge in [0.15, 0.2) is 0 Å². The molecule has 3 N–H and O–H groups in total. The molecule has 1 saturated heterocycles. The van der Waals surface area contributed by atoms with Crippen LogP contribution in [0.4, 0.5) is 0 Å². The molecule has 1 heterocycles. The Bertz CT molecular complexity index is 261. The molecule has 2 aliphatic rings. The van der Waals surface area contributed by atoms with Crippen LogP contribution in [-0.4, -0.2) is 65.3 Å². The number of likely N-dealkylation sites (N-methyl/N-ethyl adjacent to an activating group) is 1. The van der Waals surface area contributed by atoms with E-state index in [-0.39, 0.29) is 12.1 Å². The molecule has 0 bridgehead atoms. The van der Waals surface area contributed by atoms with Crippen LogP contribution in [0.15, 0.2) is 0 Å². The maximum atomic E-state index is 9.34. The summed E-state index contributed by atoms with van der Waals surface area (Å²) in [5.74, 6) is 0. The fourth-order valence-corrected chi connectivity index (χ4v) is 3.33. The molecular weight excluding hydrogens is 214 g/mol. The van der Waals surface area contributed by atoms with Crippen molar-refractivity contribution in [2.75, 3.05) is 26.7 Å². The van der Waals surface area contributed by atoms with Crippen molar-refractivity contribution in [1.29, 1.82) is 0 Å². The molecule has 0 spiro atoms. The van der Waals surface area contributed by atoms with Crippen molar-refractivity contribution in [3.8, 4) is 0 Å². The predicted molar refractivity (Wildman–Crippen MR) is 69.9 cm³/mol. The normalized spacial score (nSPS) is 45.4. The molecule has 4 unspecified atom stereocenters. The molecule has 4 atom stereocenters. The van der Waals surface area contributed by atoms with Gasteiger partial charge < -0.3 is 10.8 Å². The molecule has 17 heavy (non-hydrogen) atoms. The highest BCUT2D eigenvalue weighted by molar-refractivity contribution is 4.99. The van der Waals surface area contributed by atoms with E-state index in [1.54, 1.807) is 0 Å². The van der Waals surface area contributed by atoms with Gasteiger partial charge >= 0.3 is 0 Å². The number of hydrogen-bond donors (Lipinski definition) is 2. The van der Waals surface area contributed by atoms with Crippen molar-refractivity contribution in [2.45, 2.75) is 56.8 Å². The Hall–Kier alpha value is -0.160. The first kappa shape index (κ1) is 13.3. The molecule has 1 saturated carbocycles. The Labute approximate surface area is 105 Å². The molecule has 0 aromatic rings. The quantitative estimate of drug-likeness (QED) is 0.728. The van der Waals surface area contributed by atoms with Crippen LogP contribution in [0.25, 0.3) is 0 Å². The van der Waals surface area contributed by atoms with Gasteiger partial charge in [-0.05, 0) is 40.2 Å². The van der Waals surface area contributed by atoms with Gasteiger partial charge in [-0.15, -0.1) is 0 Å². The number of rotatable bonds is 2. The molecule has 0 amide bonds. The SMILES string of the molecule is CC1CN(C2CCC(N)(CO)C2)CC(C)N1C. The lowest BCUT2D eigenvalue weighted by atomic mass is 9.99. The molecule has 1 aliphatic carbocycles. The van der Waals surface area contributed by atoms with Gasteiger partial charge in [0.2, 0.25) is 0 Å². The Morgan fingerprint density at radius 2 is 1.88 bits per heavy atom. The van der Waals surface area contributed by atoms with E-state index in [1.165, 1.54) is 0 Å². The molecule has 0 radical (unpaired) electrons. The van der Waals surface area contributed by atoms with Crippen molar-refractivity contribution >= 4 is 0 Å². The Morgan fingerprint density at radius 1 is 1.29 bits per heavy atom. The minimum absolute atomic E-state index is 0.127. The lowest BCUT2D eigenvalue weighted by Crippen LogP contribution is -2.57. The third-order valence-electron chi connectivity index (χ3n) is 4.84. The molecule has 100 valence electrons. The van der Waals surface area contributed by atoms with Crippen molar-refractivity contribution in [1.82, 2.24) is 9.80 Å². The van der Waals surface area contributed by atoms with E-state index in [0.717, 1.165) is 32.4 Å². The Kier molecular flexibility index (Phi) is 3.78. The summed E-state index contributed by atoms with van der Waals surface area (Å²) in [5.41, 5.74) is 5.85. The lowest BCUT2D eigenvalue weighted by Gasteiger charge is -2.45. The first-order valence-corrected chi connectivity index (χ1v) is 6.81. The molecule has 4 nitrogen and oxygen atoms in total. The van der Waals surface area contributed by atoms with Crippen molar-refractivity contribution < 1.29 is 5.11 Å². The molecule has 0 aromatic heterocycles. The second kappa shape index (κ2) is 4.84. The van der Waals surface area contributed by atoms with E-state index in [1.807, 2.05) is 0 Å². The zero-order chi connectivity index (χ0) is 12.6. The zero-order valence-corrected chi connectivity index (χ0v) is 11.4. The molecule has 2 fully saturated rings. The van der Waals surface area contributed by atoms with Gasteiger partial charge in [0.25, 0.3) is 0 Å². The number of hydrogen-bond acceptors (Lipinski definition) is 4. The van der Waals surface area contributed by atoms with Crippen LogP contribution in [0, 0.1) is 0 Å². The number of nitrogens with zero attached hydrogens (tertiary/aromatic N) is 2. The molecule has 0 aromatic carbocycles. The maximum Gasteiger partial charge on any atom is 0.0611 e. The summed E-state index contributed by atoms with van der Waals surface area (Å²) in [7, 11) is 2.21. The minimum Gasteiger partial charge on any atom is -0.394 e. The second-order valence-electron chi connectivity index (χ2n) is 6.23. The van der Waals surface area contributed by atoms with Crippen LogP contribution >= 0.6 is 0 Å². The van der Waals surface area contributed by atoms with Gasteiger partial charge in [0, 0.05) is 36.8 Å². The van der Waals surface area contributed by atoms with E-state index >= 15 is 0 Å². The van der Waals surface area contributed by atoms with Crippen molar-refractivity contribution in [3.05, 3.63) is 0 Å². The summed E-state index contributed by atoms with van der Waals surface area (Å²) in [5, 5.41) is 9.34. The van der Waals surface area contributed by atoms with Crippen LogP contribution in [0.2, 0.25) is 0 Å². The van der Waals surface area contributed by atoms with Crippen LogP contribution in [0.1, 0.15) is 33.1 Å². The minimum atomic E-state index is -0.319. The van der Waals surface area contributed by atoms with E-state index in [0.29, 0.717) is 18.1 Å². The van der Waals surface area contributed by atoms with Gasteiger partial charge in [0.1, 0.15) is 0 Å². The van der Waals surface area contributed by atoms with Gasteiger partial charge in [-0.3, -0.25) is 9.80 Å². The average molecular weight is 241 g/mol. The predicted octanol–water partition coefficient (Wildman–Crippen LogP) is 0.253. The van der Waals surface area contributed by atoms with Crippen LogP contribution < -0.4 is 5.73 Å². The number of nitrogens with two attached hydrogens (primary N) is 1. The summed E-state index contributed by atoms with van der Waals surface area (Å²) in [6.45, 7) is 6.97. The van der Waals surface area contributed by atoms with E-state index in [2.05, 4.69) is 30.7 Å². The van der Waals surface area contributed by atoms with E-state index in [9.17, 15) is 5.11 Å². The molecule has 4 heteroatoms. The summed E-state index contributed by atoms with van der Waals surface area (Å²) in [6, 6.07) is 1.80. The number of piperazine rings is 1. The van der Waals surface area contributed by atoms with E-state index < -0.39 is 0 Å². The largest absolute Gasteiger partial charge is 0.394 e. The zero-order valence-electron chi connectivity index (χ0n) is 11.4. The third kappa shape index (κ3) is 2.65. The molecule has 2 rings (SSSR count). The summed E-state index contributed by atoms with van der Waals surface area (Å²) < 4.78 is 0. The number of aliphatic hydroxyl groups is 1. The fraction of sp³-hybridized carbons (Fsp3) is 1.00. The standard InChI is InChI=1S/C13H27N3O/c1-10-7-16(8-11(2)15(10)3)12-4-5-13(14,6-12)9-17/h10-12,17H,4-9,14H2,1-3H3.